The zero-order chi connectivity index (χ0) is 14.5. The van der Waals surface area contributed by atoms with E-state index in [9.17, 15) is 4.79 Å². The molecule has 0 saturated heterocycles. The topological polar surface area (TPSA) is 58.1 Å². The second kappa shape index (κ2) is 6.14. The van der Waals surface area contributed by atoms with Crippen LogP contribution < -0.4 is 10.2 Å². The van der Waals surface area contributed by atoms with Crippen LogP contribution in [-0.2, 0) is 0 Å². The van der Waals surface area contributed by atoms with Crippen molar-refractivity contribution >= 4 is 17.4 Å². The molecule has 0 aliphatic heterocycles. The highest BCUT2D eigenvalue weighted by molar-refractivity contribution is 6.04. The second-order valence-electron chi connectivity index (χ2n) is 4.52. The first-order valence-electron chi connectivity index (χ1n) is 6.52. The number of amides is 1. The molecule has 5 nitrogen and oxygen atoms in total. The third kappa shape index (κ3) is 3.12. The van der Waals surface area contributed by atoms with E-state index in [1.807, 2.05) is 38.1 Å². The molecule has 1 amide bonds. The summed E-state index contributed by atoms with van der Waals surface area (Å²) in [5.74, 6) is 0.428. The number of anilines is 2. The lowest BCUT2D eigenvalue weighted by Crippen LogP contribution is -2.27. The predicted molar refractivity (Wildman–Crippen MR) is 80.1 cm³/mol. The highest BCUT2D eigenvalue weighted by Crippen LogP contribution is 2.15. The fourth-order valence-corrected chi connectivity index (χ4v) is 1.79. The van der Waals surface area contributed by atoms with Gasteiger partial charge in [0.15, 0.2) is 0 Å². The van der Waals surface area contributed by atoms with E-state index in [2.05, 4.69) is 15.3 Å². The molecule has 0 aliphatic carbocycles. The van der Waals surface area contributed by atoms with Crippen LogP contribution in [0.4, 0.5) is 11.5 Å². The van der Waals surface area contributed by atoms with Gasteiger partial charge in [-0.1, -0.05) is 17.7 Å². The molecule has 104 valence electrons. The standard InChI is InChI=1S/C15H18N4O/c1-4-17-14-10-16-9-13(18-14)15(20)19(3)12-7-5-11(2)6-8-12/h5-10H,4H2,1-3H3,(H,17,18). The zero-order valence-electron chi connectivity index (χ0n) is 11.9. The van der Waals surface area contributed by atoms with Crippen LogP contribution in [0, 0.1) is 6.92 Å². The number of nitrogens with zero attached hydrogens (tertiary/aromatic N) is 3. The molecule has 0 radical (unpaired) electrons. The van der Waals surface area contributed by atoms with Crippen LogP contribution in [0.3, 0.4) is 0 Å². The Morgan fingerprint density at radius 1 is 1.25 bits per heavy atom. The summed E-state index contributed by atoms with van der Waals surface area (Å²) in [6.07, 6.45) is 3.08. The average Bonchev–Trinajstić information content (AvgIpc) is 2.47. The predicted octanol–water partition coefficient (Wildman–Crippen LogP) is 2.49. The summed E-state index contributed by atoms with van der Waals surface area (Å²) in [6.45, 7) is 4.71. The smallest absolute Gasteiger partial charge is 0.278 e. The van der Waals surface area contributed by atoms with Crippen LogP contribution in [0.25, 0.3) is 0 Å². The number of benzene rings is 1. The van der Waals surface area contributed by atoms with Crippen LogP contribution >= 0.6 is 0 Å². The Labute approximate surface area is 118 Å². The van der Waals surface area contributed by atoms with Gasteiger partial charge >= 0.3 is 0 Å². The van der Waals surface area contributed by atoms with Crippen molar-refractivity contribution in [3.63, 3.8) is 0 Å². The second-order valence-corrected chi connectivity index (χ2v) is 4.52. The Morgan fingerprint density at radius 2 is 1.95 bits per heavy atom. The Morgan fingerprint density at radius 3 is 2.60 bits per heavy atom. The monoisotopic (exact) mass is 270 g/mol. The first-order valence-corrected chi connectivity index (χ1v) is 6.52. The van der Waals surface area contributed by atoms with Gasteiger partial charge in [-0.3, -0.25) is 9.78 Å². The first-order chi connectivity index (χ1) is 9.61. The summed E-state index contributed by atoms with van der Waals surface area (Å²) in [5.41, 5.74) is 2.31. The van der Waals surface area contributed by atoms with Gasteiger partial charge < -0.3 is 10.2 Å². The molecule has 1 aromatic heterocycles. The van der Waals surface area contributed by atoms with Gasteiger partial charge in [0.2, 0.25) is 0 Å². The number of hydrogen-bond donors (Lipinski definition) is 1. The van der Waals surface area contributed by atoms with E-state index in [1.54, 1.807) is 18.1 Å². The number of carbonyl (C=O) groups excluding carboxylic acids is 1. The van der Waals surface area contributed by atoms with E-state index >= 15 is 0 Å². The van der Waals surface area contributed by atoms with E-state index in [1.165, 1.54) is 6.20 Å². The van der Waals surface area contributed by atoms with Crippen molar-refractivity contribution in [2.45, 2.75) is 13.8 Å². The zero-order valence-corrected chi connectivity index (χ0v) is 11.9. The van der Waals surface area contributed by atoms with Crippen molar-refractivity contribution in [1.82, 2.24) is 9.97 Å². The molecular weight excluding hydrogens is 252 g/mol. The Balaban J connectivity index is 2.21. The molecule has 1 N–H and O–H groups in total. The quantitative estimate of drug-likeness (QED) is 0.927. The van der Waals surface area contributed by atoms with Gasteiger partial charge in [0.05, 0.1) is 12.4 Å². The minimum Gasteiger partial charge on any atom is -0.369 e. The third-order valence-electron chi connectivity index (χ3n) is 2.94. The number of rotatable bonds is 4. The van der Waals surface area contributed by atoms with Crippen molar-refractivity contribution in [3.05, 3.63) is 47.9 Å². The van der Waals surface area contributed by atoms with Gasteiger partial charge in [-0.05, 0) is 26.0 Å². The lowest BCUT2D eigenvalue weighted by Gasteiger charge is -2.17. The minimum absolute atomic E-state index is 0.180. The fraction of sp³-hybridized carbons (Fsp3) is 0.267. The van der Waals surface area contributed by atoms with Crippen LogP contribution in [0.5, 0.6) is 0 Å². The number of hydrogen-bond acceptors (Lipinski definition) is 4. The molecule has 2 rings (SSSR count). The molecule has 0 unspecified atom stereocenters. The number of aryl methyl sites for hydroxylation is 1. The van der Waals surface area contributed by atoms with Crippen LogP contribution in [-0.4, -0.2) is 29.5 Å². The summed E-state index contributed by atoms with van der Waals surface area (Å²) in [6, 6.07) is 7.77. The lowest BCUT2D eigenvalue weighted by atomic mass is 10.2. The van der Waals surface area contributed by atoms with E-state index in [-0.39, 0.29) is 5.91 Å². The Bertz CT molecular complexity index is 595. The van der Waals surface area contributed by atoms with E-state index in [0.29, 0.717) is 11.5 Å². The summed E-state index contributed by atoms with van der Waals surface area (Å²) in [5, 5.41) is 3.04. The molecule has 0 saturated carbocycles. The third-order valence-corrected chi connectivity index (χ3v) is 2.94. The Kier molecular flexibility index (Phi) is 4.30. The number of nitrogens with one attached hydrogen (secondary N) is 1. The fourth-order valence-electron chi connectivity index (χ4n) is 1.79. The maximum Gasteiger partial charge on any atom is 0.278 e. The molecule has 0 spiro atoms. The molecule has 0 fully saturated rings. The first kappa shape index (κ1) is 14.0. The minimum atomic E-state index is -0.180. The molecule has 0 bridgehead atoms. The maximum atomic E-state index is 12.4. The van der Waals surface area contributed by atoms with Gasteiger partial charge in [0.1, 0.15) is 11.5 Å². The van der Waals surface area contributed by atoms with E-state index < -0.39 is 0 Å². The van der Waals surface area contributed by atoms with Crippen LogP contribution in [0.15, 0.2) is 36.7 Å². The van der Waals surface area contributed by atoms with Gasteiger partial charge in [0.25, 0.3) is 5.91 Å². The van der Waals surface area contributed by atoms with E-state index in [0.717, 1.165) is 17.8 Å². The van der Waals surface area contributed by atoms with Crippen molar-refractivity contribution in [3.8, 4) is 0 Å². The van der Waals surface area contributed by atoms with Crippen molar-refractivity contribution in [2.75, 3.05) is 23.8 Å². The number of aromatic nitrogens is 2. The molecular formula is C15H18N4O. The normalized spacial score (nSPS) is 10.2. The largest absolute Gasteiger partial charge is 0.369 e. The average molecular weight is 270 g/mol. The van der Waals surface area contributed by atoms with Crippen molar-refractivity contribution in [1.29, 1.82) is 0 Å². The van der Waals surface area contributed by atoms with Crippen molar-refractivity contribution in [2.24, 2.45) is 0 Å². The maximum absolute atomic E-state index is 12.4. The van der Waals surface area contributed by atoms with Gasteiger partial charge in [-0.25, -0.2) is 4.98 Å². The molecule has 0 aliphatic rings. The highest BCUT2D eigenvalue weighted by atomic mass is 16.2. The molecule has 5 heteroatoms. The molecule has 1 aromatic carbocycles. The molecule has 0 atom stereocenters. The van der Waals surface area contributed by atoms with E-state index in [4.69, 9.17) is 0 Å². The molecule has 2 aromatic rings. The summed E-state index contributed by atoms with van der Waals surface area (Å²) in [7, 11) is 1.73. The molecule has 20 heavy (non-hydrogen) atoms. The summed E-state index contributed by atoms with van der Waals surface area (Å²) < 4.78 is 0. The Hall–Kier alpha value is -2.43. The van der Waals surface area contributed by atoms with Crippen molar-refractivity contribution < 1.29 is 4.79 Å². The summed E-state index contributed by atoms with van der Waals surface area (Å²) >= 11 is 0. The van der Waals surface area contributed by atoms with Gasteiger partial charge in [0, 0.05) is 19.3 Å². The number of carbonyl (C=O) groups is 1. The highest BCUT2D eigenvalue weighted by Gasteiger charge is 2.15. The molecule has 1 heterocycles. The van der Waals surface area contributed by atoms with Gasteiger partial charge in [-0.2, -0.15) is 0 Å². The van der Waals surface area contributed by atoms with Crippen LogP contribution in [0.2, 0.25) is 0 Å². The summed E-state index contributed by atoms with van der Waals surface area (Å²) in [4.78, 5) is 22.3. The van der Waals surface area contributed by atoms with Crippen LogP contribution in [0.1, 0.15) is 23.0 Å². The SMILES string of the molecule is CCNc1cncc(C(=O)N(C)c2ccc(C)cc2)n1. The lowest BCUT2D eigenvalue weighted by molar-refractivity contribution is 0.0988. The van der Waals surface area contributed by atoms with Gasteiger partial charge in [-0.15, -0.1) is 0 Å².